The van der Waals surface area contributed by atoms with Crippen LogP contribution in [0.25, 0.3) is 11.4 Å². The van der Waals surface area contributed by atoms with E-state index in [1.807, 2.05) is 60.0 Å². The van der Waals surface area contributed by atoms with Gasteiger partial charge in [-0.05, 0) is 37.5 Å². The number of carbonyl (C=O) groups is 1. The topological polar surface area (TPSA) is 87.5 Å². The van der Waals surface area contributed by atoms with Gasteiger partial charge in [0.15, 0.2) is 22.5 Å². The molecule has 5 rings (SSSR count). The fourth-order valence-corrected chi connectivity index (χ4v) is 4.79. The van der Waals surface area contributed by atoms with Gasteiger partial charge in [-0.3, -0.25) is 9.36 Å². The molecule has 1 N–H and O–H groups in total. The summed E-state index contributed by atoms with van der Waals surface area (Å²) >= 11 is 1.40. The van der Waals surface area contributed by atoms with Crippen molar-refractivity contribution >= 4 is 17.7 Å². The second-order valence-corrected chi connectivity index (χ2v) is 9.39. The van der Waals surface area contributed by atoms with E-state index in [1.54, 1.807) is 0 Å². The third-order valence-electron chi connectivity index (χ3n) is 5.71. The number of fused-ring (bicyclic) bond motifs is 1. The summed E-state index contributed by atoms with van der Waals surface area (Å²) in [4.78, 5) is 12.7. The van der Waals surface area contributed by atoms with Crippen LogP contribution in [0.2, 0.25) is 0 Å². The number of hydrogen-bond acceptors (Lipinski definition) is 7. The highest BCUT2D eigenvalue weighted by atomic mass is 32.2. The van der Waals surface area contributed by atoms with Gasteiger partial charge in [0.25, 0.3) is 0 Å². The van der Waals surface area contributed by atoms with Gasteiger partial charge in [0.1, 0.15) is 0 Å². The number of nitrogens with one attached hydrogen (secondary N) is 1. The van der Waals surface area contributed by atoms with Crippen molar-refractivity contribution in [3.8, 4) is 22.9 Å². The van der Waals surface area contributed by atoms with Gasteiger partial charge >= 0.3 is 0 Å². The van der Waals surface area contributed by atoms with Crippen LogP contribution in [0.4, 0.5) is 0 Å². The van der Waals surface area contributed by atoms with Crippen molar-refractivity contribution in [3.05, 3.63) is 54.1 Å². The SMILES string of the molecule is CC(Sc1nnc(-c2ccccc2)n1Cc1ccc2c(c1)OCO2)C(=O)NCC1CCCO1. The lowest BCUT2D eigenvalue weighted by Crippen LogP contribution is -2.36. The molecule has 9 heteroatoms. The third kappa shape index (κ3) is 4.99. The monoisotopic (exact) mass is 466 g/mol. The highest BCUT2D eigenvalue weighted by molar-refractivity contribution is 8.00. The van der Waals surface area contributed by atoms with E-state index >= 15 is 0 Å². The number of amides is 1. The first-order valence-electron chi connectivity index (χ1n) is 11.1. The highest BCUT2D eigenvalue weighted by Gasteiger charge is 2.23. The van der Waals surface area contributed by atoms with Gasteiger partial charge in [0, 0.05) is 18.7 Å². The van der Waals surface area contributed by atoms with Crippen LogP contribution in [0.15, 0.2) is 53.7 Å². The molecule has 0 aliphatic carbocycles. The minimum absolute atomic E-state index is 0.0330. The Morgan fingerprint density at radius 2 is 2.03 bits per heavy atom. The van der Waals surface area contributed by atoms with Gasteiger partial charge in [-0.2, -0.15) is 0 Å². The summed E-state index contributed by atoms with van der Waals surface area (Å²) in [5.41, 5.74) is 2.00. The Hall–Kier alpha value is -3.04. The van der Waals surface area contributed by atoms with Crippen LogP contribution < -0.4 is 14.8 Å². The number of carbonyl (C=O) groups excluding carboxylic acids is 1. The van der Waals surface area contributed by atoms with Gasteiger partial charge < -0.3 is 19.5 Å². The highest BCUT2D eigenvalue weighted by Crippen LogP contribution is 2.34. The van der Waals surface area contributed by atoms with Gasteiger partial charge in [0.2, 0.25) is 12.7 Å². The Balaban J connectivity index is 1.36. The fourth-order valence-electron chi connectivity index (χ4n) is 3.92. The van der Waals surface area contributed by atoms with Gasteiger partial charge in [-0.1, -0.05) is 48.2 Å². The number of aromatic nitrogens is 3. The van der Waals surface area contributed by atoms with Crippen LogP contribution >= 0.6 is 11.8 Å². The van der Waals surface area contributed by atoms with E-state index in [0.717, 1.165) is 47.9 Å². The molecule has 3 heterocycles. The first-order valence-corrected chi connectivity index (χ1v) is 12.0. The number of thioether (sulfide) groups is 1. The minimum Gasteiger partial charge on any atom is -0.454 e. The van der Waals surface area contributed by atoms with Crippen molar-refractivity contribution in [2.45, 2.75) is 42.8 Å². The zero-order chi connectivity index (χ0) is 22.6. The molecule has 2 aromatic carbocycles. The van der Waals surface area contributed by atoms with Crippen LogP contribution in [-0.4, -0.2) is 52.0 Å². The summed E-state index contributed by atoms with van der Waals surface area (Å²) < 4.78 is 18.6. The van der Waals surface area contributed by atoms with Crippen LogP contribution in [0.1, 0.15) is 25.3 Å². The van der Waals surface area contributed by atoms with E-state index in [0.29, 0.717) is 18.2 Å². The van der Waals surface area contributed by atoms with E-state index in [-0.39, 0.29) is 24.1 Å². The maximum atomic E-state index is 12.7. The molecular weight excluding hydrogens is 440 g/mol. The lowest BCUT2D eigenvalue weighted by atomic mass is 10.2. The molecule has 2 aliphatic rings. The predicted molar refractivity (Wildman–Crippen MR) is 124 cm³/mol. The predicted octanol–water partition coefficient (Wildman–Crippen LogP) is 3.50. The maximum absolute atomic E-state index is 12.7. The number of hydrogen-bond donors (Lipinski definition) is 1. The first-order chi connectivity index (χ1) is 16.2. The summed E-state index contributed by atoms with van der Waals surface area (Å²) in [5.74, 6) is 2.20. The number of ether oxygens (including phenoxy) is 3. The number of nitrogens with zero attached hydrogens (tertiary/aromatic N) is 3. The Morgan fingerprint density at radius 1 is 1.18 bits per heavy atom. The number of benzene rings is 2. The molecule has 0 radical (unpaired) electrons. The Morgan fingerprint density at radius 3 is 2.85 bits per heavy atom. The summed E-state index contributed by atoms with van der Waals surface area (Å²) in [6.45, 7) is 3.98. The van der Waals surface area contributed by atoms with Crippen molar-refractivity contribution in [1.82, 2.24) is 20.1 Å². The molecule has 1 aromatic heterocycles. The molecule has 2 atom stereocenters. The maximum Gasteiger partial charge on any atom is 0.233 e. The first kappa shape index (κ1) is 21.8. The lowest BCUT2D eigenvalue weighted by Gasteiger charge is -2.16. The van der Waals surface area contributed by atoms with Gasteiger partial charge in [-0.15, -0.1) is 10.2 Å². The zero-order valence-electron chi connectivity index (χ0n) is 18.4. The lowest BCUT2D eigenvalue weighted by molar-refractivity contribution is -0.120. The van der Waals surface area contributed by atoms with Crippen molar-refractivity contribution in [1.29, 1.82) is 0 Å². The van der Waals surface area contributed by atoms with Crippen molar-refractivity contribution in [2.24, 2.45) is 0 Å². The van der Waals surface area contributed by atoms with Crippen LogP contribution in [0.3, 0.4) is 0 Å². The molecule has 3 aromatic rings. The Labute approximate surface area is 196 Å². The summed E-state index contributed by atoms with van der Waals surface area (Å²) in [6.07, 6.45) is 2.16. The van der Waals surface area contributed by atoms with Crippen molar-refractivity contribution in [3.63, 3.8) is 0 Å². The smallest absolute Gasteiger partial charge is 0.233 e. The van der Waals surface area contributed by atoms with E-state index in [4.69, 9.17) is 14.2 Å². The molecule has 2 unspecified atom stereocenters. The summed E-state index contributed by atoms with van der Waals surface area (Å²) in [7, 11) is 0. The molecule has 2 aliphatic heterocycles. The minimum atomic E-state index is -0.324. The quantitative estimate of drug-likeness (QED) is 0.509. The molecule has 1 saturated heterocycles. The molecule has 0 saturated carbocycles. The molecule has 1 fully saturated rings. The van der Waals surface area contributed by atoms with Gasteiger partial charge in [-0.25, -0.2) is 0 Å². The molecule has 172 valence electrons. The van der Waals surface area contributed by atoms with Gasteiger partial charge in [0.05, 0.1) is 17.9 Å². The summed E-state index contributed by atoms with van der Waals surface area (Å²) in [6, 6.07) is 15.8. The second kappa shape index (κ2) is 9.84. The third-order valence-corrected chi connectivity index (χ3v) is 6.79. The number of rotatable bonds is 8. The molecule has 0 bridgehead atoms. The van der Waals surface area contributed by atoms with Crippen LogP contribution in [-0.2, 0) is 16.1 Å². The standard InChI is InChI=1S/C24H26N4O4S/c1-16(23(29)25-13-19-8-5-11-30-19)33-24-27-26-22(18-6-3-2-4-7-18)28(24)14-17-9-10-20-21(12-17)32-15-31-20/h2-4,6-7,9-10,12,16,19H,5,8,11,13-15H2,1H3,(H,25,29). The average molecular weight is 467 g/mol. The fraction of sp³-hybridized carbons (Fsp3) is 0.375. The molecule has 33 heavy (non-hydrogen) atoms. The van der Waals surface area contributed by atoms with E-state index < -0.39 is 0 Å². The van der Waals surface area contributed by atoms with E-state index in [2.05, 4.69) is 15.5 Å². The molecular formula is C24H26N4O4S. The normalized spacial score (nSPS) is 17.8. The molecule has 8 nitrogen and oxygen atoms in total. The summed E-state index contributed by atoms with van der Waals surface area (Å²) in [5, 5.41) is 12.3. The Kier molecular flexibility index (Phi) is 6.50. The van der Waals surface area contributed by atoms with Crippen molar-refractivity contribution < 1.29 is 19.0 Å². The van der Waals surface area contributed by atoms with E-state index in [9.17, 15) is 4.79 Å². The van der Waals surface area contributed by atoms with Crippen LogP contribution in [0, 0.1) is 0 Å². The zero-order valence-corrected chi connectivity index (χ0v) is 19.2. The Bertz CT molecular complexity index is 1110. The van der Waals surface area contributed by atoms with Crippen LogP contribution in [0.5, 0.6) is 11.5 Å². The van der Waals surface area contributed by atoms with Crippen molar-refractivity contribution in [2.75, 3.05) is 19.9 Å². The second-order valence-electron chi connectivity index (χ2n) is 8.09. The molecule has 1 amide bonds. The van der Waals surface area contributed by atoms with E-state index in [1.165, 1.54) is 11.8 Å². The average Bonchev–Trinajstić information content (AvgIpc) is 3.60. The molecule has 0 spiro atoms. The largest absolute Gasteiger partial charge is 0.454 e.